The molecule has 1 aliphatic rings. The number of benzene rings is 4. The number of amides is 1. The molecule has 0 bridgehead atoms. The normalized spacial score (nSPS) is 14.7. The van der Waals surface area contributed by atoms with E-state index in [-0.39, 0.29) is 36.3 Å². The Morgan fingerprint density at radius 3 is 2.40 bits per heavy atom. The summed E-state index contributed by atoms with van der Waals surface area (Å²) in [5.41, 5.74) is 4.15. The summed E-state index contributed by atoms with van der Waals surface area (Å²) in [6.07, 6.45) is 1.15. The number of carbonyl (C=O) groups excluding carboxylic acids is 1. The van der Waals surface area contributed by atoms with Gasteiger partial charge in [0, 0.05) is 38.3 Å². The Morgan fingerprint density at radius 2 is 1.60 bits per heavy atom. The van der Waals surface area contributed by atoms with Crippen molar-refractivity contribution in [1.29, 1.82) is 0 Å². The van der Waals surface area contributed by atoms with Crippen LogP contribution in [0, 0.1) is 0 Å². The van der Waals surface area contributed by atoms with Gasteiger partial charge in [0.05, 0.1) is 11.0 Å². The van der Waals surface area contributed by atoms with Gasteiger partial charge in [-0.2, -0.15) is 0 Å². The van der Waals surface area contributed by atoms with E-state index in [1.54, 1.807) is 4.90 Å². The molecule has 1 N–H and O–H groups in total. The number of aromatic amines is 1. The fourth-order valence-corrected chi connectivity index (χ4v) is 5.97. The lowest BCUT2D eigenvalue weighted by molar-refractivity contribution is 0.0568. The molecule has 218 valence electrons. The summed E-state index contributed by atoms with van der Waals surface area (Å²) < 4.78 is 7.72. The molecule has 8 heteroatoms. The van der Waals surface area contributed by atoms with Crippen LogP contribution in [0.25, 0.3) is 21.8 Å². The van der Waals surface area contributed by atoms with Crippen LogP contribution in [0.4, 0.5) is 4.79 Å². The van der Waals surface area contributed by atoms with Crippen molar-refractivity contribution in [2.24, 2.45) is 0 Å². The summed E-state index contributed by atoms with van der Waals surface area (Å²) in [6.45, 7) is 5.06. The highest BCUT2D eigenvalue weighted by molar-refractivity contribution is 5.86. The summed E-state index contributed by atoms with van der Waals surface area (Å²) in [6, 6.07) is 33.1. The zero-order valence-corrected chi connectivity index (χ0v) is 24.6. The van der Waals surface area contributed by atoms with E-state index in [2.05, 4.69) is 83.5 Å². The minimum Gasteiger partial charge on any atom is -0.448 e. The van der Waals surface area contributed by atoms with E-state index in [0.29, 0.717) is 32.5 Å². The minimum atomic E-state index is -0.286. The molecule has 1 amide bonds. The Balaban J connectivity index is 0.00000353. The van der Waals surface area contributed by atoms with Gasteiger partial charge in [0.25, 0.3) is 0 Å². The van der Waals surface area contributed by atoms with Gasteiger partial charge < -0.3 is 14.6 Å². The van der Waals surface area contributed by atoms with Crippen LogP contribution < -0.4 is 5.69 Å². The number of nitrogens with zero attached hydrogens (tertiary/aromatic N) is 3. The van der Waals surface area contributed by atoms with Gasteiger partial charge in [0.1, 0.15) is 6.61 Å². The molecule has 0 spiro atoms. The first-order chi connectivity index (χ1) is 20.1. The highest BCUT2D eigenvalue weighted by atomic mass is 35.5. The first-order valence-electron chi connectivity index (χ1n) is 14.4. The lowest BCUT2D eigenvalue weighted by atomic mass is 10.0. The number of nitrogens with one attached hydrogen (secondary N) is 1. The van der Waals surface area contributed by atoms with Gasteiger partial charge in [-0.1, -0.05) is 84.9 Å². The van der Waals surface area contributed by atoms with Gasteiger partial charge in [-0.05, 0) is 53.8 Å². The van der Waals surface area contributed by atoms with Crippen LogP contribution in [0.5, 0.6) is 0 Å². The summed E-state index contributed by atoms with van der Waals surface area (Å²) in [5.74, 6) is 0. The predicted octanol–water partition coefficient (Wildman–Crippen LogP) is 6.77. The standard InChI is InChI=1S/C34H36N4O3.ClH/c1-25(37(22-26-10-3-2-4-11-26)23-28-14-9-13-27-12-5-6-15-30(27)28)24-41-34(40)36-20-18-29(19-21-36)38-32-17-8-7-16-31(32)35-33(38)39;/h2-17,25,29H,18-24H2,1H3,(H,35,39);1H/t25-;/m0./s1. The lowest BCUT2D eigenvalue weighted by Gasteiger charge is -2.33. The van der Waals surface area contributed by atoms with Crippen LogP contribution >= 0.6 is 12.4 Å². The molecule has 7 nitrogen and oxygen atoms in total. The number of halogens is 1. The van der Waals surface area contributed by atoms with Crippen molar-refractivity contribution >= 4 is 40.3 Å². The van der Waals surface area contributed by atoms with Gasteiger partial charge in [-0.25, -0.2) is 9.59 Å². The molecule has 1 aromatic heterocycles. The SMILES string of the molecule is C[C@@H](COC(=O)N1CCC(n2c(=O)[nH]c3ccccc32)CC1)N(Cc1ccccc1)Cc1cccc2ccccc12.Cl. The molecule has 6 rings (SSSR count). The third-order valence-electron chi connectivity index (χ3n) is 8.27. The van der Waals surface area contributed by atoms with E-state index in [4.69, 9.17) is 4.74 Å². The molecule has 4 aromatic carbocycles. The van der Waals surface area contributed by atoms with Crippen LogP contribution in [-0.4, -0.2) is 51.2 Å². The maximum absolute atomic E-state index is 13.1. The highest BCUT2D eigenvalue weighted by Gasteiger charge is 2.27. The molecule has 0 aliphatic carbocycles. The maximum atomic E-state index is 13.1. The number of piperidine rings is 1. The maximum Gasteiger partial charge on any atom is 0.409 e. The number of hydrogen-bond donors (Lipinski definition) is 1. The zero-order valence-electron chi connectivity index (χ0n) is 23.8. The zero-order chi connectivity index (χ0) is 28.2. The van der Waals surface area contributed by atoms with Gasteiger partial charge >= 0.3 is 11.8 Å². The van der Waals surface area contributed by atoms with Gasteiger partial charge in [0.2, 0.25) is 0 Å². The van der Waals surface area contributed by atoms with Crippen LogP contribution in [0.3, 0.4) is 0 Å². The van der Waals surface area contributed by atoms with Crippen LogP contribution in [0.2, 0.25) is 0 Å². The predicted molar refractivity (Wildman–Crippen MR) is 170 cm³/mol. The van der Waals surface area contributed by atoms with Crippen molar-refractivity contribution in [3.05, 3.63) is 119 Å². The number of H-pyrrole nitrogens is 1. The average Bonchev–Trinajstić information content (AvgIpc) is 3.35. The first kappa shape index (κ1) is 29.4. The number of fused-ring (bicyclic) bond motifs is 2. The van der Waals surface area contributed by atoms with Crippen molar-refractivity contribution in [1.82, 2.24) is 19.4 Å². The fourth-order valence-electron chi connectivity index (χ4n) is 5.97. The molecule has 1 fully saturated rings. The van der Waals surface area contributed by atoms with Crippen molar-refractivity contribution in [2.45, 2.75) is 44.9 Å². The average molecular weight is 585 g/mol. The fraction of sp³-hybridized carbons (Fsp3) is 0.294. The Hall–Kier alpha value is -4.07. The molecule has 0 saturated carbocycles. The van der Waals surface area contributed by atoms with Crippen molar-refractivity contribution in [2.75, 3.05) is 19.7 Å². The number of likely N-dealkylation sites (tertiary alicyclic amines) is 1. The molecule has 0 radical (unpaired) electrons. The molecule has 5 aromatic rings. The van der Waals surface area contributed by atoms with E-state index in [9.17, 15) is 9.59 Å². The van der Waals surface area contributed by atoms with E-state index >= 15 is 0 Å². The Bertz CT molecular complexity index is 1690. The van der Waals surface area contributed by atoms with E-state index in [0.717, 1.165) is 24.1 Å². The minimum absolute atomic E-state index is 0. The van der Waals surface area contributed by atoms with Crippen LogP contribution in [0.1, 0.15) is 36.9 Å². The number of rotatable bonds is 8. The smallest absolute Gasteiger partial charge is 0.409 e. The Morgan fingerprint density at radius 1 is 0.905 bits per heavy atom. The van der Waals surface area contributed by atoms with Gasteiger partial charge in [0.15, 0.2) is 0 Å². The third-order valence-corrected chi connectivity index (χ3v) is 8.27. The van der Waals surface area contributed by atoms with Crippen molar-refractivity contribution < 1.29 is 9.53 Å². The monoisotopic (exact) mass is 584 g/mol. The number of carbonyl (C=O) groups is 1. The molecular weight excluding hydrogens is 548 g/mol. The third kappa shape index (κ3) is 6.37. The second-order valence-corrected chi connectivity index (χ2v) is 11.0. The molecule has 1 atom stereocenters. The lowest BCUT2D eigenvalue weighted by Crippen LogP contribution is -2.42. The largest absolute Gasteiger partial charge is 0.448 e. The Labute approximate surface area is 252 Å². The summed E-state index contributed by atoms with van der Waals surface area (Å²) >= 11 is 0. The van der Waals surface area contributed by atoms with E-state index in [1.807, 2.05) is 34.9 Å². The van der Waals surface area contributed by atoms with E-state index < -0.39 is 0 Å². The van der Waals surface area contributed by atoms with Crippen LogP contribution in [-0.2, 0) is 17.8 Å². The van der Waals surface area contributed by atoms with E-state index in [1.165, 1.54) is 21.9 Å². The molecule has 1 saturated heterocycles. The molecule has 0 unspecified atom stereocenters. The molecule has 2 heterocycles. The number of imidazole rings is 1. The first-order valence-corrected chi connectivity index (χ1v) is 14.4. The second kappa shape index (κ2) is 13.3. The highest BCUT2D eigenvalue weighted by Crippen LogP contribution is 2.26. The number of ether oxygens (including phenoxy) is 1. The quantitative estimate of drug-likeness (QED) is 0.218. The summed E-state index contributed by atoms with van der Waals surface area (Å²) in [7, 11) is 0. The molecule has 1 aliphatic heterocycles. The summed E-state index contributed by atoms with van der Waals surface area (Å²) in [4.78, 5) is 32.8. The Kier molecular flexibility index (Phi) is 9.30. The molecule has 42 heavy (non-hydrogen) atoms. The van der Waals surface area contributed by atoms with Gasteiger partial charge in [-0.15, -0.1) is 12.4 Å². The number of aromatic nitrogens is 2. The van der Waals surface area contributed by atoms with Crippen molar-refractivity contribution in [3.8, 4) is 0 Å². The number of hydrogen-bond acceptors (Lipinski definition) is 4. The summed E-state index contributed by atoms with van der Waals surface area (Å²) in [5, 5.41) is 2.47. The second-order valence-electron chi connectivity index (χ2n) is 11.0. The number of para-hydroxylation sites is 2. The van der Waals surface area contributed by atoms with Crippen molar-refractivity contribution in [3.63, 3.8) is 0 Å². The molecular formula is C34H37ClN4O3. The van der Waals surface area contributed by atoms with Crippen LogP contribution in [0.15, 0.2) is 102 Å². The topological polar surface area (TPSA) is 70.6 Å². The van der Waals surface area contributed by atoms with Gasteiger partial charge in [-0.3, -0.25) is 9.47 Å².